The molecule has 1 aromatic heterocycles. The molecular weight excluding hydrogens is 306 g/mol. The molecule has 1 atom stereocenters. The van der Waals surface area contributed by atoms with Crippen LogP contribution in [-0.4, -0.2) is 37.1 Å². The van der Waals surface area contributed by atoms with Crippen LogP contribution >= 0.6 is 11.8 Å². The summed E-state index contributed by atoms with van der Waals surface area (Å²) in [4.78, 5) is 0.366. The van der Waals surface area contributed by atoms with E-state index in [0.29, 0.717) is 10.9 Å². The van der Waals surface area contributed by atoms with Crippen molar-refractivity contribution in [3.8, 4) is 0 Å². The smallest absolute Gasteiger partial charge is 0.242 e. The molecule has 0 bridgehead atoms. The quantitative estimate of drug-likeness (QED) is 0.724. The first-order valence-corrected chi connectivity index (χ1v) is 10.3. The topological polar surface area (TPSA) is 63.1 Å². The van der Waals surface area contributed by atoms with Gasteiger partial charge >= 0.3 is 0 Å². The van der Waals surface area contributed by atoms with Gasteiger partial charge in [0, 0.05) is 42.8 Å². The third-order valence-corrected chi connectivity index (χ3v) is 5.92. The lowest BCUT2D eigenvalue weighted by atomic mass is 10.4. The van der Waals surface area contributed by atoms with Gasteiger partial charge in [-0.2, -0.15) is 11.8 Å². The van der Waals surface area contributed by atoms with Crippen LogP contribution < -0.4 is 10.0 Å². The van der Waals surface area contributed by atoms with Crippen LogP contribution in [0.3, 0.4) is 0 Å². The highest BCUT2D eigenvalue weighted by Gasteiger charge is 2.23. The highest BCUT2D eigenvalue weighted by molar-refractivity contribution is 7.98. The molecule has 2 N–H and O–H groups in total. The zero-order valence-corrected chi connectivity index (χ0v) is 14.6. The lowest BCUT2D eigenvalue weighted by molar-refractivity contribution is 0.570. The van der Waals surface area contributed by atoms with Gasteiger partial charge in [-0.3, -0.25) is 0 Å². The normalized spacial score (nSPS) is 17.1. The molecule has 1 saturated carbocycles. The third kappa shape index (κ3) is 4.74. The van der Waals surface area contributed by atoms with Crippen LogP contribution in [0, 0.1) is 0 Å². The number of sulfonamides is 1. The van der Waals surface area contributed by atoms with Crippen LogP contribution in [-0.2, 0) is 23.1 Å². The van der Waals surface area contributed by atoms with E-state index in [9.17, 15) is 8.42 Å². The van der Waals surface area contributed by atoms with Crippen molar-refractivity contribution in [2.45, 2.75) is 56.8 Å². The molecular formula is C14H25N3O2S2. The number of nitrogens with zero attached hydrogens (tertiary/aromatic N) is 1. The molecule has 0 amide bonds. The molecule has 1 aliphatic carbocycles. The zero-order valence-electron chi connectivity index (χ0n) is 12.9. The third-order valence-electron chi connectivity index (χ3n) is 3.53. The number of hydrogen-bond acceptors (Lipinski definition) is 4. The molecule has 1 unspecified atom stereocenters. The molecule has 7 heteroatoms. The van der Waals surface area contributed by atoms with Crippen molar-refractivity contribution in [3.63, 3.8) is 0 Å². The number of thioether (sulfide) groups is 1. The number of nitrogens with one attached hydrogen (secondary N) is 2. The Morgan fingerprint density at radius 2 is 2.19 bits per heavy atom. The number of hydrogen-bond donors (Lipinski definition) is 2. The van der Waals surface area contributed by atoms with Gasteiger partial charge in [-0.25, -0.2) is 13.1 Å². The lowest BCUT2D eigenvalue weighted by Crippen LogP contribution is -2.34. The summed E-state index contributed by atoms with van der Waals surface area (Å²) in [7, 11) is -3.43. The molecule has 1 fully saturated rings. The molecule has 21 heavy (non-hydrogen) atoms. The second-order valence-electron chi connectivity index (χ2n) is 5.59. The van der Waals surface area contributed by atoms with Gasteiger partial charge in [0.15, 0.2) is 0 Å². The molecule has 1 heterocycles. The first-order valence-electron chi connectivity index (χ1n) is 7.40. The van der Waals surface area contributed by atoms with Crippen molar-refractivity contribution in [1.29, 1.82) is 0 Å². The number of aromatic nitrogens is 1. The van der Waals surface area contributed by atoms with E-state index in [1.54, 1.807) is 24.0 Å². The SMILES string of the molecule is CCn1cc(S(=O)(=O)NC(C)CSC)cc1CNC1CC1. The van der Waals surface area contributed by atoms with E-state index in [1.807, 2.05) is 24.7 Å². The minimum absolute atomic E-state index is 0.0667. The van der Waals surface area contributed by atoms with Gasteiger partial charge in [-0.05, 0) is 39.0 Å². The molecule has 1 aliphatic rings. The van der Waals surface area contributed by atoms with Crippen molar-refractivity contribution in [1.82, 2.24) is 14.6 Å². The Kier molecular flexibility index (Phi) is 5.76. The summed E-state index contributed by atoms with van der Waals surface area (Å²) in [6.07, 6.45) is 6.16. The van der Waals surface area contributed by atoms with Crippen molar-refractivity contribution >= 4 is 21.8 Å². The van der Waals surface area contributed by atoms with Gasteiger partial charge in [0.25, 0.3) is 0 Å². The van der Waals surface area contributed by atoms with E-state index >= 15 is 0 Å². The fourth-order valence-electron chi connectivity index (χ4n) is 2.27. The van der Waals surface area contributed by atoms with Crippen molar-refractivity contribution < 1.29 is 8.42 Å². The van der Waals surface area contributed by atoms with E-state index in [4.69, 9.17) is 0 Å². The summed E-state index contributed by atoms with van der Waals surface area (Å²) in [5.74, 6) is 0.768. The first-order chi connectivity index (χ1) is 9.96. The van der Waals surface area contributed by atoms with Crippen LogP contribution in [0.15, 0.2) is 17.2 Å². The maximum atomic E-state index is 12.4. The first kappa shape index (κ1) is 16.9. The summed E-state index contributed by atoms with van der Waals surface area (Å²) in [5, 5.41) is 3.43. The average molecular weight is 332 g/mol. The molecule has 0 saturated heterocycles. The molecule has 0 aliphatic heterocycles. The van der Waals surface area contributed by atoms with E-state index in [2.05, 4.69) is 10.0 Å². The maximum absolute atomic E-state index is 12.4. The van der Waals surface area contributed by atoms with Gasteiger partial charge in [0.1, 0.15) is 0 Å². The lowest BCUT2D eigenvalue weighted by Gasteiger charge is -2.11. The Hall–Kier alpha value is -0.500. The maximum Gasteiger partial charge on any atom is 0.242 e. The second kappa shape index (κ2) is 7.17. The Morgan fingerprint density at radius 3 is 2.76 bits per heavy atom. The fourth-order valence-corrected chi connectivity index (χ4v) is 4.26. The van der Waals surface area contributed by atoms with E-state index in [0.717, 1.165) is 24.5 Å². The van der Waals surface area contributed by atoms with Gasteiger partial charge in [-0.1, -0.05) is 0 Å². The number of rotatable bonds is 9. The number of aryl methyl sites for hydroxylation is 1. The highest BCUT2D eigenvalue weighted by Crippen LogP contribution is 2.21. The highest BCUT2D eigenvalue weighted by atomic mass is 32.2. The average Bonchev–Trinajstić information content (AvgIpc) is 3.14. The fraction of sp³-hybridized carbons (Fsp3) is 0.714. The molecule has 0 radical (unpaired) electrons. The van der Waals surface area contributed by atoms with Crippen LogP contribution in [0.25, 0.3) is 0 Å². The molecule has 5 nitrogen and oxygen atoms in total. The Morgan fingerprint density at radius 1 is 1.48 bits per heavy atom. The van der Waals surface area contributed by atoms with E-state index in [1.165, 1.54) is 12.8 Å². The Balaban J connectivity index is 2.10. The van der Waals surface area contributed by atoms with Crippen LogP contribution in [0.4, 0.5) is 0 Å². The monoisotopic (exact) mass is 331 g/mol. The standard InChI is InChI=1S/C14H25N3O2S2/c1-4-17-9-14(7-13(17)8-15-12-5-6-12)21(18,19)16-11(2)10-20-3/h7,9,11-12,15-16H,4-6,8,10H2,1-3H3. The summed E-state index contributed by atoms with van der Waals surface area (Å²) >= 11 is 1.63. The predicted octanol–water partition coefficient (Wildman–Crippen LogP) is 1.79. The van der Waals surface area contributed by atoms with Crippen LogP contribution in [0.1, 0.15) is 32.4 Å². The molecule has 2 rings (SSSR count). The molecule has 0 spiro atoms. The van der Waals surface area contributed by atoms with Gasteiger partial charge < -0.3 is 9.88 Å². The zero-order chi connectivity index (χ0) is 15.5. The van der Waals surface area contributed by atoms with E-state index < -0.39 is 10.0 Å². The minimum atomic E-state index is -3.43. The molecule has 120 valence electrons. The summed E-state index contributed by atoms with van der Waals surface area (Å²) < 4.78 is 29.5. The van der Waals surface area contributed by atoms with E-state index in [-0.39, 0.29) is 6.04 Å². The largest absolute Gasteiger partial charge is 0.349 e. The van der Waals surface area contributed by atoms with Gasteiger partial charge in [0.2, 0.25) is 10.0 Å². The van der Waals surface area contributed by atoms with Crippen molar-refractivity contribution in [2.75, 3.05) is 12.0 Å². The van der Waals surface area contributed by atoms with Crippen LogP contribution in [0.5, 0.6) is 0 Å². The summed E-state index contributed by atoms with van der Waals surface area (Å²) in [6.45, 7) is 5.42. The van der Waals surface area contributed by atoms with Gasteiger partial charge in [-0.15, -0.1) is 0 Å². The second-order valence-corrected chi connectivity index (χ2v) is 8.21. The Labute approximate surface area is 131 Å². The summed E-state index contributed by atoms with van der Waals surface area (Å²) in [5.41, 5.74) is 1.03. The van der Waals surface area contributed by atoms with Crippen LogP contribution in [0.2, 0.25) is 0 Å². The predicted molar refractivity (Wildman–Crippen MR) is 88.1 cm³/mol. The van der Waals surface area contributed by atoms with Gasteiger partial charge in [0.05, 0.1) is 4.90 Å². The minimum Gasteiger partial charge on any atom is -0.349 e. The molecule has 1 aromatic rings. The summed E-state index contributed by atoms with van der Waals surface area (Å²) in [6, 6.07) is 2.33. The van der Waals surface area contributed by atoms with Crippen molar-refractivity contribution in [3.05, 3.63) is 18.0 Å². The Bertz CT molecular complexity index is 565. The molecule has 0 aromatic carbocycles. The van der Waals surface area contributed by atoms with Crippen molar-refractivity contribution in [2.24, 2.45) is 0 Å².